The molecule has 1 aromatic carbocycles. The number of ether oxygens (including phenoxy) is 1. The van der Waals surface area contributed by atoms with E-state index in [9.17, 15) is 9.90 Å². The SMILES string of the molecule is [2H]C(C)(C)n1nccc1-c1nc(C)ccc1COc1cccc(O)c1C=O. The fourth-order valence-corrected chi connectivity index (χ4v) is 2.70. The van der Waals surface area contributed by atoms with Crippen molar-refractivity contribution in [1.82, 2.24) is 14.8 Å². The number of aromatic nitrogens is 3. The van der Waals surface area contributed by atoms with Crippen LogP contribution in [0.25, 0.3) is 11.4 Å². The summed E-state index contributed by atoms with van der Waals surface area (Å²) in [6.45, 7) is 5.54. The minimum absolute atomic E-state index is 0.108. The molecule has 0 saturated heterocycles. The highest BCUT2D eigenvalue weighted by Gasteiger charge is 2.16. The second-order valence-corrected chi connectivity index (χ2v) is 6.13. The molecule has 0 unspecified atom stereocenters. The van der Waals surface area contributed by atoms with Gasteiger partial charge in [-0.1, -0.05) is 12.1 Å². The Morgan fingerprint density at radius 1 is 1.31 bits per heavy atom. The number of aromatic hydroxyl groups is 1. The van der Waals surface area contributed by atoms with Crippen molar-refractivity contribution in [3.8, 4) is 22.9 Å². The van der Waals surface area contributed by atoms with Gasteiger partial charge in [0.25, 0.3) is 0 Å². The molecule has 0 bridgehead atoms. The molecular formula is C20H21N3O3. The van der Waals surface area contributed by atoms with Crippen LogP contribution in [0.2, 0.25) is 0 Å². The van der Waals surface area contributed by atoms with Crippen LogP contribution in [0.1, 0.15) is 42.9 Å². The zero-order valence-electron chi connectivity index (χ0n) is 15.9. The number of benzene rings is 1. The fraction of sp³-hybridized carbons (Fsp3) is 0.250. The smallest absolute Gasteiger partial charge is 0.157 e. The Labute approximate surface area is 153 Å². The van der Waals surface area contributed by atoms with Crippen molar-refractivity contribution >= 4 is 6.29 Å². The topological polar surface area (TPSA) is 77.2 Å². The average molecular weight is 352 g/mol. The maximum absolute atomic E-state index is 11.2. The highest BCUT2D eigenvalue weighted by Crippen LogP contribution is 2.29. The van der Waals surface area contributed by atoms with Crippen LogP contribution in [0.4, 0.5) is 0 Å². The van der Waals surface area contributed by atoms with Crippen molar-refractivity contribution in [2.45, 2.75) is 33.4 Å². The summed E-state index contributed by atoms with van der Waals surface area (Å²) < 4.78 is 15.7. The molecule has 2 heterocycles. The van der Waals surface area contributed by atoms with Crippen LogP contribution in [-0.2, 0) is 6.61 Å². The molecule has 0 aliphatic carbocycles. The van der Waals surface area contributed by atoms with E-state index in [0.29, 0.717) is 23.4 Å². The molecule has 134 valence electrons. The minimum Gasteiger partial charge on any atom is -0.507 e. The quantitative estimate of drug-likeness (QED) is 0.680. The summed E-state index contributed by atoms with van der Waals surface area (Å²) in [5, 5.41) is 14.1. The molecule has 6 nitrogen and oxygen atoms in total. The number of phenolic OH excluding ortho intramolecular Hbond substituents is 1. The van der Waals surface area contributed by atoms with Gasteiger partial charge >= 0.3 is 0 Å². The number of hydrogen-bond donors (Lipinski definition) is 1. The molecule has 3 rings (SSSR count). The van der Waals surface area contributed by atoms with E-state index in [4.69, 9.17) is 6.11 Å². The number of aryl methyl sites for hydroxylation is 1. The zero-order valence-corrected chi connectivity index (χ0v) is 14.9. The summed E-state index contributed by atoms with van der Waals surface area (Å²) in [6, 6.07) is 9.31. The second kappa shape index (κ2) is 7.39. The number of aldehydes is 1. The van der Waals surface area contributed by atoms with Gasteiger partial charge in [-0.15, -0.1) is 0 Å². The Kier molecular flexibility index (Phi) is 4.64. The van der Waals surface area contributed by atoms with Gasteiger partial charge in [-0.3, -0.25) is 14.5 Å². The van der Waals surface area contributed by atoms with Crippen LogP contribution in [0, 0.1) is 6.92 Å². The number of carbonyl (C=O) groups excluding carboxylic acids is 1. The number of carbonyl (C=O) groups is 1. The molecule has 0 amide bonds. The highest BCUT2D eigenvalue weighted by atomic mass is 16.5. The molecule has 0 radical (unpaired) electrons. The Bertz CT molecular complexity index is 977. The van der Waals surface area contributed by atoms with Gasteiger partial charge < -0.3 is 9.84 Å². The molecule has 0 fully saturated rings. The Morgan fingerprint density at radius 3 is 2.85 bits per heavy atom. The molecule has 0 atom stereocenters. The van der Waals surface area contributed by atoms with Gasteiger partial charge in [-0.25, -0.2) is 0 Å². The number of pyridine rings is 1. The number of nitrogens with zero attached hydrogens (tertiary/aromatic N) is 3. The maximum Gasteiger partial charge on any atom is 0.157 e. The van der Waals surface area contributed by atoms with E-state index in [2.05, 4.69) is 10.1 Å². The van der Waals surface area contributed by atoms with Gasteiger partial charge in [0.2, 0.25) is 0 Å². The van der Waals surface area contributed by atoms with Gasteiger partial charge in [0.15, 0.2) is 6.29 Å². The molecule has 0 aliphatic rings. The standard InChI is InChI=1S/C20H21N3O3/c1-13(2)23-17(9-10-21-23)20-15(8-7-14(3)22-20)12-26-19-6-4-5-18(25)16(19)11-24/h4-11,13,25H,12H2,1-3H3/i13D. The molecule has 3 aromatic rings. The molecule has 0 saturated carbocycles. The summed E-state index contributed by atoms with van der Waals surface area (Å²) in [5.41, 5.74) is 3.10. The normalized spacial score (nSPS) is 11.9. The first-order valence-electron chi connectivity index (χ1n) is 8.72. The summed E-state index contributed by atoms with van der Waals surface area (Å²) >= 11 is 0. The first-order chi connectivity index (χ1) is 12.8. The van der Waals surface area contributed by atoms with Gasteiger partial charge in [0.05, 0.1) is 18.3 Å². The molecule has 0 spiro atoms. The number of rotatable bonds is 6. The highest BCUT2D eigenvalue weighted by molar-refractivity contribution is 5.83. The molecule has 2 aromatic heterocycles. The van der Waals surface area contributed by atoms with Crippen LogP contribution in [0.3, 0.4) is 0 Å². The monoisotopic (exact) mass is 352 g/mol. The van der Waals surface area contributed by atoms with Gasteiger partial charge in [0, 0.05) is 23.5 Å². The van der Waals surface area contributed by atoms with E-state index in [-0.39, 0.29) is 17.9 Å². The van der Waals surface area contributed by atoms with E-state index in [1.54, 1.807) is 36.9 Å². The fourth-order valence-electron chi connectivity index (χ4n) is 2.70. The Balaban J connectivity index is 1.98. The summed E-state index contributed by atoms with van der Waals surface area (Å²) in [6.07, 6.45) is 2.21. The van der Waals surface area contributed by atoms with E-state index >= 15 is 0 Å². The molecular weight excluding hydrogens is 330 g/mol. The van der Waals surface area contributed by atoms with E-state index in [0.717, 1.165) is 11.3 Å². The molecule has 6 heteroatoms. The van der Waals surface area contributed by atoms with Gasteiger partial charge in [0.1, 0.15) is 18.1 Å². The largest absolute Gasteiger partial charge is 0.507 e. The summed E-state index contributed by atoms with van der Waals surface area (Å²) in [5.74, 6) is 0.171. The molecule has 26 heavy (non-hydrogen) atoms. The lowest BCUT2D eigenvalue weighted by Crippen LogP contribution is -2.08. The third kappa shape index (κ3) is 3.44. The predicted molar refractivity (Wildman–Crippen MR) is 98.4 cm³/mol. The van der Waals surface area contributed by atoms with Gasteiger partial charge in [-0.2, -0.15) is 5.10 Å². The minimum atomic E-state index is -0.946. The third-order valence-electron chi connectivity index (χ3n) is 3.97. The second-order valence-electron chi connectivity index (χ2n) is 6.13. The first kappa shape index (κ1) is 16.3. The Morgan fingerprint density at radius 2 is 2.12 bits per heavy atom. The lowest BCUT2D eigenvalue weighted by Gasteiger charge is -2.15. The maximum atomic E-state index is 11.2. The van der Waals surface area contributed by atoms with Crippen LogP contribution < -0.4 is 4.74 Å². The Hall–Kier alpha value is -3.15. The lowest BCUT2D eigenvalue weighted by atomic mass is 10.1. The van der Waals surface area contributed by atoms with E-state index < -0.39 is 6.02 Å². The van der Waals surface area contributed by atoms with Crippen LogP contribution >= 0.6 is 0 Å². The summed E-state index contributed by atoms with van der Waals surface area (Å²) in [4.78, 5) is 15.8. The summed E-state index contributed by atoms with van der Waals surface area (Å²) in [7, 11) is 0. The van der Waals surface area contributed by atoms with E-state index in [1.807, 2.05) is 25.1 Å². The van der Waals surface area contributed by atoms with Crippen molar-refractivity contribution in [3.05, 3.63) is 59.4 Å². The average Bonchev–Trinajstić information content (AvgIpc) is 3.10. The van der Waals surface area contributed by atoms with Crippen molar-refractivity contribution in [1.29, 1.82) is 0 Å². The van der Waals surface area contributed by atoms with E-state index in [1.165, 1.54) is 6.07 Å². The number of hydrogen-bond acceptors (Lipinski definition) is 5. The van der Waals surface area contributed by atoms with Crippen LogP contribution in [-0.4, -0.2) is 26.2 Å². The molecule has 1 N–H and O–H groups in total. The third-order valence-corrected chi connectivity index (χ3v) is 3.97. The molecule has 0 aliphatic heterocycles. The lowest BCUT2D eigenvalue weighted by molar-refractivity contribution is 0.111. The number of phenols is 1. The van der Waals surface area contributed by atoms with Crippen molar-refractivity contribution in [2.24, 2.45) is 0 Å². The predicted octanol–water partition coefficient (Wildman–Crippen LogP) is 3.93. The zero-order chi connectivity index (χ0) is 19.6. The van der Waals surface area contributed by atoms with Crippen molar-refractivity contribution in [3.63, 3.8) is 0 Å². The van der Waals surface area contributed by atoms with Crippen molar-refractivity contribution in [2.75, 3.05) is 0 Å². The van der Waals surface area contributed by atoms with Crippen LogP contribution in [0.15, 0.2) is 42.6 Å². The van der Waals surface area contributed by atoms with Crippen LogP contribution in [0.5, 0.6) is 11.5 Å². The van der Waals surface area contributed by atoms with Crippen molar-refractivity contribution < 1.29 is 16.0 Å². The van der Waals surface area contributed by atoms with Gasteiger partial charge in [-0.05, 0) is 45.0 Å². The first-order valence-corrected chi connectivity index (χ1v) is 8.22.